The highest BCUT2D eigenvalue weighted by Gasteiger charge is 2.56. The van der Waals surface area contributed by atoms with Crippen LogP contribution in [0.25, 0.3) is 27.5 Å². The fourth-order valence-corrected chi connectivity index (χ4v) is 4.40. The van der Waals surface area contributed by atoms with Gasteiger partial charge < -0.3 is 4.85 Å². The molecule has 29 heavy (non-hydrogen) atoms. The van der Waals surface area contributed by atoms with E-state index in [1.807, 2.05) is 12.1 Å². The van der Waals surface area contributed by atoms with Gasteiger partial charge in [0.15, 0.2) is 6.33 Å². The van der Waals surface area contributed by atoms with Gasteiger partial charge in [0.05, 0.1) is 11.3 Å². The molecule has 0 atom stereocenters. The van der Waals surface area contributed by atoms with Crippen molar-refractivity contribution in [2.24, 2.45) is 5.41 Å². The fraction of sp³-hybridized carbons (Fsp3) is 0.375. The Bertz CT molecular complexity index is 1130. The standard InChI is InChI=1S/C24H25N5/c1-22(2)17-10-8-15(12-18(17)23(3,4)24(22,5)6)19-11-9-16(13-26-19)20-27-14-28-21(25-7)29-20/h8-14H,1-6H3. The number of rotatable bonds is 2. The SMILES string of the molecule is [C-]#[N+]c1ncnc(-c2ccc(-c3ccc4c(c3)C(C)(C)C(C)(C)C4(C)C)nc2)n1. The van der Waals surface area contributed by atoms with E-state index in [-0.39, 0.29) is 22.2 Å². The molecule has 0 saturated carbocycles. The molecule has 2 heterocycles. The van der Waals surface area contributed by atoms with Gasteiger partial charge in [0.1, 0.15) is 0 Å². The first kappa shape index (κ1) is 19.2. The van der Waals surface area contributed by atoms with Crippen molar-refractivity contribution >= 4 is 5.95 Å². The van der Waals surface area contributed by atoms with Crippen molar-refractivity contribution in [3.8, 4) is 22.6 Å². The summed E-state index contributed by atoms with van der Waals surface area (Å²) in [5.74, 6) is 0.550. The number of pyridine rings is 1. The Labute approximate surface area is 172 Å². The maximum absolute atomic E-state index is 7.05. The van der Waals surface area contributed by atoms with Crippen LogP contribution in [0, 0.1) is 12.0 Å². The number of hydrogen-bond donors (Lipinski definition) is 0. The lowest BCUT2D eigenvalue weighted by Crippen LogP contribution is -2.42. The normalized spacial score (nSPS) is 18.1. The predicted octanol–water partition coefficient (Wildman–Crippen LogP) is 5.75. The molecule has 0 fully saturated rings. The molecule has 4 rings (SSSR count). The molecule has 1 aromatic carbocycles. The van der Waals surface area contributed by atoms with Crippen LogP contribution in [0.4, 0.5) is 5.95 Å². The van der Waals surface area contributed by atoms with Crippen molar-refractivity contribution in [1.29, 1.82) is 0 Å². The molecule has 0 unspecified atom stereocenters. The lowest BCUT2D eigenvalue weighted by molar-refractivity contribution is 0.125. The highest BCUT2D eigenvalue weighted by molar-refractivity contribution is 5.66. The average Bonchev–Trinajstić information content (AvgIpc) is 2.82. The molecular weight excluding hydrogens is 358 g/mol. The van der Waals surface area contributed by atoms with Crippen LogP contribution in [0.3, 0.4) is 0 Å². The van der Waals surface area contributed by atoms with Crippen LogP contribution in [0.2, 0.25) is 0 Å². The van der Waals surface area contributed by atoms with Crippen LogP contribution < -0.4 is 0 Å². The Kier molecular flexibility index (Phi) is 4.09. The van der Waals surface area contributed by atoms with Gasteiger partial charge >= 0.3 is 5.95 Å². The monoisotopic (exact) mass is 383 g/mol. The Morgan fingerprint density at radius 3 is 2.14 bits per heavy atom. The first-order chi connectivity index (χ1) is 13.6. The fourth-order valence-electron chi connectivity index (χ4n) is 4.40. The summed E-state index contributed by atoms with van der Waals surface area (Å²) in [5, 5.41) is 0. The zero-order valence-electron chi connectivity index (χ0n) is 17.8. The molecule has 0 bridgehead atoms. The zero-order valence-corrected chi connectivity index (χ0v) is 17.8. The summed E-state index contributed by atoms with van der Waals surface area (Å²) in [7, 11) is 0. The topological polar surface area (TPSA) is 55.9 Å². The summed E-state index contributed by atoms with van der Waals surface area (Å²) in [6, 6.07) is 10.7. The largest absolute Gasteiger partial charge is 0.394 e. The lowest BCUT2D eigenvalue weighted by atomic mass is 9.59. The van der Waals surface area contributed by atoms with E-state index in [0.29, 0.717) is 5.82 Å². The van der Waals surface area contributed by atoms with Gasteiger partial charge in [-0.15, -0.1) is 16.5 Å². The van der Waals surface area contributed by atoms with Gasteiger partial charge in [-0.05, 0) is 45.6 Å². The maximum Gasteiger partial charge on any atom is 0.375 e. The van der Waals surface area contributed by atoms with Gasteiger partial charge in [0.2, 0.25) is 5.82 Å². The summed E-state index contributed by atoms with van der Waals surface area (Å²) >= 11 is 0. The van der Waals surface area contributed by atoms with E-state index in [9.17, 15) is 0 Å². The average molecular weight is 383 g/mol. The quantitative estimate of drug-likeness (QED) is 0.529. The van der Waals surface area contributed by atoms with Gasteiger partial charge in [-0.3, -0.25) is 4.98 Å². The third-order valence-corrected chi connectivity index (χ3v) is 7.47. The van der Waals surface area contributed by atoms with E-state index in [1.165, 1.54) is 17.5 Å². The van der Waals surface area contributed by atoms with E-state index >= 15 is 0 Å². The van der Waals surface area contributed by atoms with Crippen molar-refractivity contribution < 1.29 is 0 Å². The second-order valence-corrected chi connectivity index (χ2v) is 9.29. The summed E-state index contributed by atoms with van der Waals surface area (Å²) in [6.45, 7) is 21.2. The molecule has 1 aliphatic rings. The highest BCUT2D eigenvalue weighted by atomic mass is 15.1. The van der Waals surface area contributed by atoms with Crippen LogP contribution in [0.5, 0.6) is 0 Å². The lowest BCUT2D eigenvalue weighted by Gasteiger charge is -2.44. The molecule has 0 radical (unpaired) electrons. The van der Waals surface area contributed by atoms with Crippen molar-refractivity contribution in [2.75, 3.05) is 0 Å². The number of nitrogens with zero attached hydrogens (tertiary/aromatic N) is 5. The minimum Gasteiger partial charge on any atom is -0.394 e. The third-order valence-electron chi connectivity index (χ3n) is 7.47. The van der Waals surface area contributed by atoms with Gasteiger partial charge in [-0.25, -0.2) is 0 Å². The second kappa shape index (κ2) is 6.18. The van der Waals surface area contributed by atoms with E-state index in [2.05, 4.69) is 84.5 Å². The second-order valence-electron chi connectivity index (χ2n) is 9.29. The molecule has 3 aromatic rings. The predicted molar refractivity (Wildman–Crippen MR) is 115 cm³/mol. The van der Waals surface area contributed by atoms with E-state index in [4.69, 9.17) is 6.57 Å². The summed E-state index contributed by atoms with van der Waals surface area (Å²) in [6.07, 6.45) is 3.11. The summed E-state index contributed by atoms with van der Waals surface area (Å²) in [4.78, 5) is 20.0. The molecule has 0 amide bonds. The van der Waals surface area contributed by atoms with Gasteiger partial charge in [-0.1, -0.05) is 53.7 Å². The Hall–Kier alpha value is -3.13. The van der Waals surface area contributed by atoms with Gasteiger partial charge in [-0.2, -0.15) is 4.98 Å². The van der Waals surface area contributed by atoms with Crippen molar-refractivity contribution in [1.82, 2.24) is 19.9 Å². The molecule has 0 spiro atoms. The number of benzene rings is 1. The third kappa shape index (κ3) is 2.66. The number of aromatic nitrogens is 4. The first-order valence-electron chi connectivity index (χ1n) is 9.78. The van der Waals surface area contributed by atoms with Crippen LogP contribution in [0.1, 0.15) is 52.7 Å². The molecule has 146 valence electrons. The Morgan fingerprint density at radius 2 is 1.48 bits per heavy atom. The highest BCUT2D eigenvalue weighted by Crippen LogP contribution is 2.61. The van der Waals surface area contributed by atoms with Crippen LogP contribution in [-0.4, -0.2) is 19.9 Å². The first-order valence-corrected chi connectivity index (χ1v) is 9.78. The molecule has 1 aliphatic carbocycles. The van der Waals surface area contributed by atoms with Crippen molar-refractivity contribution in [2.45, 2.75) is 52.4 Å². The number of hydrogen-bond acceptors (Lipinski definition) is 4. The Balaban J connectivity index is 1.74. The van der Waals surface area contributed by atoms with E-state index in [0.717, 1.165) is 16.8 Å². The van der Waals surface area contributed by atoms with E-state index in [1.54, 1.807) is 6.20 Å². The summed E-state index contributed by atoms with van der Waals surface area (Å²) < 4.78 is 0. The molecule has 5 nitrogen and oxygen atoms in total. The van der Waals surface area contributed by atoms with Crippen molar-refractivity contribution in [3.63, 3.8) is 0 Å². The van der Waals surface area contributed by atoms with Crippen molar-refractivity contribution in [3.05, 3.63) is 65.4 Å². The van der Waals surface area contributed by atoms with Crippen LogP contribution in [-0.2, 0) is 10.8 Å². The maximum atomic E-state index is 7.05. The molecule has 0 N–H and O–H groups in total. The minimum atomic E-state index is 0.0584. The molecular formula is C24H25N5. The Morgan fingerprint density at radius 1 is 0.793 bits per heavy atom. The molecule has 0 aliphatic heterocycles. The molecule has 2 aromatic heterocycles. The van der Waals surface area contributed by atoms with Crippen LogP contribution >= 0.6 is 0 Å². The van der Waals surface area contributed by atoms with Gasteiger partial charge in [0.25, 0.3) is 0 Å². The zero-order chi connectivity index (χ0) is 21.0. The van der Waals surface area contributed by atoms with E-state index < -0.39 is 0 Å². The minimum absolute atomic E-state index is 0.0584. The number of fused-ring (bicyclic) bond motifs is 1. The van der Waals surface area contributed by atoms with Gasteiger partial charge in [0, 0.05) is 11.8 Å². The molecule has 0 saturated heterocycles. The smallest absolute Gasteiger partial charge is 0.375 e. The molecule has 5 heteroatoms. The van der Waals surface area contributed by atoms with Crippen LogP contribution in [0.15, 0.2) is 42.9 Å². The summed E-state index contributed by atoms with van der Waals surface area (Å²) in [5.41, 5.74) is 5.90.